The molecule has 2 aliphatic rings. The third kappa shape index (κ3) is 3.20. The summed E-state index contributed by atoms with van der Waals surface area (Å²) in [4.78, 5) is 26.6. The minimum absolute atomic E-state index is 0.210. The maximum atomic E-state index is 12.4. The molecule has 1 saturated heterocycles. The van der Waals surface area contributed by atoms with Crippen molar-refractivity contribution in [3.05, 3.63) is 32.6 Å². The number of nitrogens with zero attached hydrogens (tertiary/aromatic N) is 3. The molecule has 24 heavy (non-hydrogen) atoms. The van der Waals surface area contributed by atoms with E-state index in [1.807, 2.05) is 0 Å². The van der Waals surface area contributed by atoms with Gasteiger partial charge in [-0.2, -0.15) is 0 Å². The highest BCUT2D eigenvalue weighted by molar-refractivity contribution is 5.06. The molecule has 0 unspecified atom stereocenters. The highest BCUT2D eigenvalue weighted by Gasteiger charge is 2.38. The van der Waals surface area contributed by atoms with Crippen LogP contribution in [0.25, 0.3) is 0 Å². The predicted octanol–water partition coefficient (Wildman–Crippen LogP) is 0.0999. The fourth-order valence-electron chi connectivity index (χ4n) is 4.15. The first-order valence-corrected chi connectivity index (χ1v) is 8.63. The van der Waals surface area contributed by atoms with Crippen LogP contribution in [-0.4, -0.2) is 53.0 Å². The maximum absolute atomic E-state index is 12.4. The lowest BCUT2D eigenvalue weighted by Gasteiger charge is -2.40. The van der Waals surface area contributed by atoms with E-state index in [1.54, 1.807) is 20.4 Å². The summed E-state index contributed by atoms with van der Waals surface area (Å²) in [6.45, 7) is 2.69. The van der Waals surface area contributed by atoms with Gasteiger partial charge in [0.15, 0.2) is 0 Å². The highest BCUT2D eigenvalue weighted by Crippen LogP contribution is 2.34. The molecular formula is C17H27N3O4. The van der Waals surface area contributed by atoms with E-state index in [1.165, 1.54) is 22.6 Å². The zero-order chi connectivity index (χ0) is 17.3. The summed E-state index contributed by atoms with van der Waals surface area (Å²) in [5.74, 6) is 0.437. The largest absolute Gasteiger partial charge is 0.381 e. The van der Waals surface area contributed by atoms with Crippen molar-refractivity contribution >= 4 is 0 Å². The van der Waals surface area contributed by atoms with E-state index in [0.29, 0.717) is 31.2 Å². The molecule has 0 radical (unpaired) electrons. The molecule has 1 saturated carbocycles. The van der Waals surface area contributed by atoms with Crippen molar-refractivity contribution in [2.45, 2.75) is 38.0 Å². The van der Waals surface area contributed by atoms with Gasteiger partial charge < -0.3 is 14.0 Å². The van der Waals surface area contributed by atoms with Crippen molar-refractivity contribution in [2.24, 2.45) is 20.0 Å². The molecule has 7 nitrogen and oxygen atoms in total. The Hall–Kier alpha value is -1.44. The van der Waals surface area contributed by atoms with Crippen LogP contribution in [0.2, 0.25) is 0 Å². The molecule has 0 bridgehead atoms. The first kappa shape index (κ1) is 17.4. The van der Waals surface area contributed by atoms with Crippen molar-refractivity contribution < 1.29 is 9.47 Å². The number of ether oxygens (including phenoxy) is 2. The first-order valence-electron chi connectivity index (χ1n) is 8.63. The Balaban J connectivity index is 1.85. The SMILES string of the molecule is CO[C@@H]1CCC[C@@H]1[C@H]1COCCN1Cc1cn(C)c(=O)n(C)c1=O. The van der Waals surface area contributed by atoms with E-state index in [-0.39, 0.29) is 23.4 Å². The number of methoxy groups -OCH3 is 1. The summed E-state index contributed by atoms with van der Waals surface area (Å²) in [5, 5.41) is 0. The van der Waals surface area contributed by atoms with Crippen molar-refractivity contribution in [1.82, 2.24) is 14.0 Å². The second-order valence-corrected chi connectivity index (χ2v) is 6.89. The molecule has 1 aromatic heterocycles. The molecule has 1 aromatic rings. The number of rotatable bonds is 4. The van der Waals surface area contributed by atoms with Gasteiger partial charge in [-0.1, -0.05) is 6.42 Å². The van der Waals surface area contributed by atoms with Crippen molar-refractivity contribution in [3.63, 3.8) is 0 Å². The van der Waals surface area contributed by atoms with Gasteiger partial charge in [0.1, 0.15) is 0 Å². The number of hydrogen-bond acceptors (Lipinski definition) is 5. The van der Waals surface area contributed by atoms with Gasteiger partial charge in [-0.15, -0.1) is 0 Å². The summed E-state index contributed by atoms with van der Waals surface area (Å²) in [6.07, 6.45) is 5.33. The average molecular weight is 337 g/mol. The van der Waals surface area contributed by atoms with Gasteiger partial charge >= 0.3 is 5.69 Å². The van der Waals surface area contributed by atoms with Crippen LogP contribution in [0.5, 0.6) is 0 Å². The average Bonchev–Trinajstić information content (AvgIpc) is 3.06. The Labute approximate surface area is 141 Å². The van der Waals surface area contributed by atoms with E-state index in [4.69, 9.17) is 9.47 Å². The zero-order valence-corrected chi connectivity index (χ0v) is 14.7. The Morgan fingerprint density at radius 2 is 2.08 bits per heavy atom. The van der Waals surface area contributed by atoms with Gasteiger partial charge in [-0.05, 0) is 12.8 Å². The Bertz CT molecular complexity index is 696. The van der Waals surface area contributed by atoms with Crippen LogP contribution in [0.1, 0.15) is 24.8 Å². The number of hydrogen-bond donors (Lipinski definition) is 0. The Morgan fingerprint density at radius 3 is 2.83 bits per heavy atom. The minimum Gasteiger partial charge on any atom is -0.381 e. The summed E-state index contributed by atoms with van der Waals surface area (Å²) in [5.41, 5.74) is 0.147. The molecule has 0 N–H and O–H groups in total. The summed E-state index contributed by atoms with van der Waals surface area (Å²) < 4.78 is 14.0. The quantitative estimate of drug-likeness (QED) is 0.780. The smallest absolute Gasteiger partial charge is 0.330 e. The monoisotopic (exact) mass is 337 g/mol. The van der Waals surface area contributed by atoms with Gasteiger partial charge in [0, 0.05) is 58.0 Å². The molecule has 1 aliphatic carbocycles. The van der Waals surface area contributed by atoms with E-state index in [0.717, 1.165) is 19.4 Å². The van der Waals surface area contributed by atoms with E-state index >= 15 is 0 Å². The van der Waals surface area contributed by atoms with Gasteiger partial charge in [0.05, 0.1) is 19.3 Å². The standard InChI is InChI=1S/C17H27N3O4/c1-18-9-12(16(21)19(2)17(18)22)10-20-7-8-24-11-14(20)13-5-4-6-15(13)23-3/h9,13-15H,4-8,10-11H2,1-3H3/t13-,14-,15-/m1/s1. The molecule has 134 valence electrons. The molecule has 2 fully saturated rings. The molecule has 7 heteroatoms. The lowest BCUT2D eigenvalue weighted by molar-refractivity contribution is -0.0610. The summed E-state index contributed by atoms with van der Waals surface area (Å²) in [6, 6.07) is 0.258. The number of aromatic nitrogens is 2. The molecular weight excluding hydrogens is 310 g/mol. The molecule has 0 amide bonds. The molecule has 1 aliphatic heterocycles. The first-order chi connectivity index (χ1) is 11.5. The van der Waals surface area contributed by atoms with Crippen LogP contribution < -0.4 is 11.2 Å². The predicted molar refractivity (Wildman–Crippen MR) is 90.1 cm³/mol. The number of morpholine rings is 1. The maximum Gasteiger partial charge on any atom is 0.330 e. The van der Waals surface area contributed by atoms with Crippen molar-refractivity contribution in [3.8, 4) is 0 Å². The number of aryl methyl sites for hydroxylation is 1. The molecule has 0 spiro atoms. The molecule has 3 rings (SSSR count). The van der Waals surface area contributed by atoms with Crippen molar-refractivity contribution in [1.29, 1.82) is 0 Å². The third-order valence-corrected chi connectivity index (χ3v) is 5.47. The van der Waals surface area contributed by atoms with E-state index in [2.05, 4.69) is 4.90 Å². The normalized spacial score (nSPS) is 28.4. The topological polar surface area (TPSA) is 65.7 Å². The second kappa shape index (κ2) is 7.21. The Kier molecular flexibility index (Phi) is 5.22. The fourth-order valence-corrected chi connectivity index (χ4v) is 4.15. The minimum atomic E-state index is -0.294. The molecule has 2 heterocycles. The summed E-state index contributed by atoms with van der Waals surface area (Å²) in [7, 11) is 4.99. The van der Waals surface area contributed by atoms with Crippen LogP contribution in [0, 0.1) is 5.92 Å². The summed E-state index contributed by atoms with van der Waals surface area (Å²) >= 11 is 0. The second-order valence-electron chi connectivity index (χ2n) is 6.89. The van der Waals surface area contributed by atoms with Crippen LogP contribution in [-0.2, 0) is 30.1 Å². The third-order valence-electron chi connectivity index (χ3n) is 5.47. The van der Waals surface area contributed by atoms with Crippen LogP contribution in [0.15, 0.2) is 15.8 Å². The van der Waals surface area contributed by atoms with Crippen LogP contribution in [0.3, 0.4) is 0 Å². The van der Waals surface area contributed by atoms with E-state index in [9.17, 15) is 9.59 Å². The molecule has 3 atom stereocenters. The Morgan fingerprint density at radius 1 is 1.29 bits per heavy atom. The molecule has 0 aromatic carbocycles. The fraction of sp³-hybridized carbons (Fsp3) is 0.765. The zero-order valence-electron chi connectivity index (χ0n) is 14.7. The van der Waals surface area contributed by atoms with E-state index < -0.39 is 0 Å². The van der Waals surface area contributed by atoms with Crippen molar-refractivity contribution in [2.75, 3.05) is 26.9 Å². The van der Waals surface area contributed by atoms with Gasteiger partial charge in [-0.3, -0.25) is 14.3 Å². The lowest BCUT2D eigenvalue weighted by atomic mass is 9.94. The van der Waals surface area contributed by atoms with Crippen LogP contribution >= 0.6 is 0 Å². The van der Waals surface area contributed by atoms with Gasteiger partial charge in [-0.25, -0.2) is 4.79 Å². The van der Waals surface area contributed by atoms with Crippen LogP contribution in [0.4, 0.5) is 0 Å². The van der Waals surface area contributed by atoms with Gasteiger partial charge in [0.2, 0.25) is 0 Å². The van der Waals surface area contributed by atoms with Gasteiger partial charge in [0.25, 0.3) is 5.56 Å². The lowest BCUT2D eigenvalue weighted by Crippen LogP contribution is -2.52. The highest BCUT2D eigenvalue weighted by atomic mass is 16.5.